The molecule has 0 spiro atoms. The van der Waals surface area contributed by atoms with E-state index in [1.54, 1.807) is 14.2 Å². The smallest absolute Gasteiger partial charge is 0.204 e. The van der Waals surface area contributed by atoms with Crippen LogP contribution in [0.3, 0.4) is 0 Å². The number of nitrogens with one attached hydrogen (secondary N) is 2. The van der Waals surface area contributed by atoms with Gasteiger partial charge in [-0.25, -0.2) is 9.97 Å². The minimum absolute atomic E-state index is 0.601. The number of rotatable bonds is 4. The van der Waals surface area contributed by atoms with Gasteiger partial charge in [0.15, 0.2) is 11.6 Å². The molecule has 0 fully saturated rings. The molecule has 0 unspecified atom stereocenters. The maximum absolute atomic E-state index is 5.35. The van der Waals surface area contributed by atoms with Gasteiger partial charge >= 0.3 is 0 Å². The van der Waals surface area contributed by atoms with Crippen molar-refractivity contribution >= 4 is 17.3 Å². The van der Waals surface area contributed by atoms with E-state index >= 15 is 0 Å². The van der Waals surface area contributed by atoms with Crippen LogP contribution in [0.4, 0.5) is 17.3 Å². The second kappa shape index (κ2) is 5.56. The quantitative estimate of drug-likeness (QED) is 0.883. The highest BCUT2D eigenvalue weighted by Crippen LogP contribution is 2.31. The second-order valence-corrected chi connectivity index (χ2v) is 4.36. The third-order valence-corrected chi connectivity index (χ3v) is 2.73. The van der Waals surface area contributed by atoms with E-state index in [1.807, 2.05) is 0 Å². The van der Waals surface area contributed by atoms with E-state index in [0.29, 0.717) is 17.4 Å². The largest absolute Gasteiger partial charge is 0.490 e. The summed E-state index contributed by atoms with van der Waals surface area (Å²) >= 11 is 0. The van der Waals surface area contributed by atoms with Crippen LogP contribution in [0.2, 0.25) is 0 Å². The standard InChI is InChI=1S/C14H18N4O/c1-9-5-10(2)7-11(6-9)18-14-12(19-4)13(15-3)16-8-17-14/h5-8H,1-4H3,(H2,15,16,17,18). The Morgan fingerprint density at radius 2 is 1.63 bits per heavy atom. The van der Waals surface area contributed by atoms with Gasteiger partial charge in [-0.3, -0.25) is 0 Å². The monoisotopic (exact) mass is 258 g/mol. The Kier molecular flexibility index (Phi) is 3.85. The van der Waals surface area contributed by atoms with Crippen molar-refractivity contribution in [2.45, 2.75) is 13.8 Å². The molecule has 0 aliphatic heterocycles. The molecule has 0 bridgehead atoms. The maximum atomic E-state index is 5.35. The van der Waals surface area contributed by atoms with Crippen LogP contribution >= 0.6 is 0 Å². The van der Waals surface area contributed by atoms with Crippen molar-refractivity contribution in [3.63, 3.8) is 0 Å². The topological polar surface area (TPSA) is 59.1 Å². The van der Waals surface area contributed by atoms with Crippen LogP contribution in [-0.4, -0.2) is 24.1 Å². The Balaban J connectivity index is 2.37. The number of nitrogens with zero attached hydrogens (tertiary/aromatic N) is 2. The van der Waals surface area contributed by atoms with E-state index in [9.17, 15) is 0 Å². The average molecular weight is 258 g/mol. The Hall–Kier alpha value is -2.30. The zero-order chi connectivity index (χ0) is 13.8. The number of hydrogen-bond donors (Lipinski definition) is 2. The first kappa shape index (κ1) is 13.1. The molecule has 0 radical (unpaired) electrons. The van der Waals surface area contributed by atoms with Crippen LogP contribution in [0, 0.1) is 13.8 Å². The van der Waals surface area contributed by atoms with E-state index in [-0.39, 0.29) is 0 Å². The number of aromatic nitrogens is 2. The van der Waals surface area contributed by atoms with Crippen molar-refractivity contribution in [1.29, 1.82) is 0 Å². The summed E-state index contributed by atoms with van der Waals surface area (Å²) in [7, 11) is 3.40. The molecule has 2 rings (SSSR count). The lowest BCUT2D eigenvalue weighted by Gasteiger charge is -2.13. The molecule has 1 heterocycles. The van der Waals surface area contributed by atoms with E-state index in [1.165, 1.54) is 17.5 Å². The first-order valence-corrected chi connectivity index (χ1v) is 6.06. The molecular weight excluding hydrogens is 240 g/mol. The van der Waals surface area contributed by atoms with Gasteiger partial charge in [-0.05, 0) is 37.1 Å². The van der Waals surface area contributed by atoms with Gasteiger partial charge in [0.25, 0.3) is 0 Å². The molecular formula is C14H18N4O. The average Bonchev–Trinajstić information content (AvgIpc) is 2.37. The van der Waals surface area contributed by atoms with Gasteiger partial charge in [-0.15, -0.1) is 0 Å². The predicted octanol–water partition coefficient (Wildman–Crippen LogP) is 2.89. The molecule has 100 valence electrons. The summed E-state index contributed by atoms with van der Waals surface area (Å²) in [4.78, 5) is 8.34. The zero-order valence-corrected chi connectivity index (χ0v) is 11.6. The lowest BCUT2D eigenvalue weighted by atomic mass is 10.1. The van der Waals surface area contributed by atoms with Gasteiger partial charge < -0.3 is 15.4 Å². The SMILES string of the molecule is CNc1ncnc(Nc2cc(C)cc(C)c2)c1OC. The molecule has 5 nitrogen and oxygen atoms in total. The Morgan fingerprint density at radius 3 is 2.21 bits per heavy atom. The van der Waals surface area contributed by atoms with E-state index < -0.39 is 0 Å². The normalized spacial score (nSPS) is 10.1. The minimum atomic E-state index is 0.601. The fourth-order valence-corrected chi connectivity index (χ4v) is 2.02. The number of hydrogen-bond acceptors (Lipinski definition) is 5. The lowest BCUT2D eigenvalue weighted by molar-refractivity contribution is 0.415. The second-order valence-electron chi connectivity index (χ2n) is 4.36. The van der Waals surface area contributed by atoms with Crippen molar-refractivity contribution < 1.29 is 4.74 Å². The molecule has 1 aromatic carbocycles. The molecule has 5 heteroatoms. The van der Waals surface area contributed by atoms with Gasteiger partial charge in [0.2, 0.25) is 5.75 Å². The Morgan fingerprint density at radius 1 is 1.00 bits per heavy atom. The zero-order valence-electron chi connectivity index (χ0n) is 11.6. The van der Waals surface area contributed by atoms with Crippen molar-refractivity contribution in [1.82, 2.24) is 9.97 Å². The van der Waals surface area contributed by atoms with Crippen molar-refractivity contribution in [2.75, 3.05) is 24.8 Å². The molecule has 2 aromatic rings. The minimum Gasteiger partial charge on any atom is -0.490 e. The van der Waals surface area contributed by atoms with Crippen LogP contribution in [0.1, 0.15) is 11.1 Å². The molecule has 0 amide bonds. The first-order chi connectivity index (χ1) is 9.13. The highest BCUT2D eigenvalue weighted by Gasteiger charge is 2.11. The van der Waals surface area contributed by atoms with Gasteiger partial charge in [-0.1, -0.05) is 6.07 Å². The van der Waals surface area contributed by atoms with Crippen LogP contribution in [0.25, 0.3) is 0 Å². The number of anilines is 3. The summed E-state index contributed by atoms with van der Waals surface area (Å²) in [6.07, 6.45) is 1.50. The first-order valence-electron chi connectivity index (χ1n) is 6.06. The van der Waals surface area contributed by atoms with Crippen molar-refractivity contribution in [3.8, 4) is 5.75 Å². The van der Waals surface area contributed by atoms with Crippen LogP contribution in [0.5, 0.6) is 5.75 Å². The summed E-state index contributed by atoms with van der Waals surface area (Å²) in [6.45, 7) is 4.13. The van der Waals surface area contributed by atoms with Gasteiger partial charge in [0, 0.05) is 12.7 Å². The molecule has 0 saturated carbocycles. The molecule has 1 aromatic heterocycles. The highest BCUT2D eigenvalue weighted by atomic mass is 16.5. The maximum Gasteiger partial charge on any atom is 0.204 e. The van der Waals surface area contributed by atoms with Gasteiger partial charge in [0.1, 0.15) is 6.33 Å². The fraction of sp³-hybridized carbons (Fsp3) is 0.286. The fourth-order valence-electron chi connectivity index (χ4n) is 2.02. The molecule has 19 heavy (non-hydrogen) atoms. The Labute approximate surface area is 113 Å². The van der Waals surface area contributed by atoms with Crippen LogP contribution < -0.4 is 15.4 Å². The molecule has 0 saturated heterocycles. The van der Waals surface area contributed by atoms with E-state index in [2.05, 4.69) is 52.6 Å². The summed E-state index contributed by atoms with van der Waals surface area (Å²) in [6, 6.07) is 6.25. The summed E-state index contributed by atoms with van der Waals surface area (Å²) in [5.74, 6) is 1.90. The van der Waals surface area contributed by atoms with Gasteiger partial charge in [-0.2, -0.15) is 0 Å². The summed E-state index contributed by atoms with van der Waals surface area (Å²) in [5.41, 5.74) is 3.38. The number of benzene rings is 1. The molecule has 0 aliphatic carbocycles. The van der Waals surface area contributed by atoms with Crippen molar-refractivity contribution in [3.05, 3.63) is 35.7 Å². The molecule has 0 aliphatic rings. The van der Waals surface area contributed by atoms with Crippen LogP contribution in [0.15, 0.2) is 24.5 Å². The van der Waals surface area contributed by atoms with Crippen LogP contribution in [-0.2, 0) is 0 Å². The highest BCUT2D eigenvalue weighted by molar-refractivity contribution is 5.69. The van der Waals surface area contributed by atoms with E-state index in [4.69, 9.17) is 4.74 Å². The number of aryl methyl sites for hydroxylation is 2. The molecule has 0 atom stereocenters. The third-order valence-electron chi connectivity index (χ3n) is 2.73. The Bertz CT molecular complexity index is 563. The third kappa shape index (κ3) is 2.93. The number of methoxy groups -OCH3 is 1. The number of ether oxygens (including phenoxy) is 1. The molecule has 2 N–H and O–H groups in total. The van der Waals surface area contributed by atoms with Crippen molar-refractivity contribution in [2.24, 2.45) is 0 Å². The lowest BCUT2D eigenvalue weighted by Crippen LogP contribution is -2.03. The summed E-state index contributed by atoms with van der Waals surface area (Å²) < 4.78 is 5.35. The predicted molar refractivity (Wildman–Crippen MR) is 77.3 cm³/mol. The van der Waals surface area contributed by atoms with E-state index in [0.717, 1.165) is 5.69 Å². The van der Waals surface area contributed by atoms with Gasteiger partial charge in [0.05, 0.1) is 7.11 Å². The summed E-state index contributed by atoms with van der Waals surface area (Å²) in [5, 5.41) is 6.24.